The highest BCUT2D eigenvalue weighted by Gasteiger charge is 2.09. The third kappa shape index (κ3) is 4.18. The lowest BCUT2D eigenvalue weighted by Gasteiger charge is -2.11. The van der Waals surface area contributed by atoms with Crippen LogP contribution in [0.2, 0.25) is 0 Å². The maximum absolute atomic E-state index is 13.0. The van der Waals surface area contributed by atoms with E-state index in [1.54, 1.807) is 12.1 Å². The molecule has 0 aliphatic rings. The quantitative estimate of drug-likeness (QED) is 0.922. The molecule has 0 unspecified atom stereocenters. The molecule has 0 aromatic heterocycles. The van der Waals surface area contributed by atoms with Crippen LogP contribution in [0, 0.1) is 18.6 Å². The van der Waals surface area contributed by atoms with E-state index in [9.17, 15) is 13.6 Å². The Morgan fingerprint density at radius 2 is 1.77 bits per heavy atom. The second kappa shape index (κ2) is 6.89. The summed E-state index contributed by atoms with van der Waals surface area (Å²) in [7, 11) is 1.50. The van der Waals surface area contributed by atoms with Gasteiger partial charge in [0.25, 0.3) is 5.91 Å². The van der Waals surface area contributed by atoms with E-state index < -0.39 is 17.5 Å². The summed E-state index contributed by atoms with van der Waals surface area (Å²) >= 11 is 0. The third-order valence-electron chi connectivity index (χ3n) is 2.82. The molecule has 22 heavy (non-hydrogen) atoms. The van der Waals surface area contributed by atoms with Gasteiger partial charge in [-0.1, -0.05) is 6.07 Å². The molecule has 0 bridgehead atoms. The topological polar surface area (TPSA) is 47.6 Å². The maximum atomic E-state index is 13.0. The van der Waals surface area contributed by atoms with Gasteiger partial charge in [-0.2, -0.15) is 0 Å². The van der Waals surface area contributed by atoms with Gasteiger partial charge in [-0.05, 0) is 36.8 Å². The fraction of sp³-hybridized carbons (Fsp3) is 0.188. The molecular formula is C16H15F2NO3. The number of amides is 1. The summed E-state index contributed by atoms with van der Waals surface area (Å²) in [4.78, 5) is 11.8. The number of rotatable bonds is 5. The monoisotopic (exact) mass is 307 g/mol. The van der Waals surface area contributed by atoms with Gasteiger partial charge in [-0.3, -0.25) is 4.79 Å². The number of ether oxygens (including phenoxy) is 2. The number of carbonyl (C=O) groups excluding carboxylic acids is 1. The molecule has 1 amide bonds. The van der Waals surface area contributed by atoms with Gasteiger partial charge in [-0.25, -0.2) is 8.78 Å². The first-order valence-corrected chi connectivity index (χ1v) is 6.51. The van der Waals surface area contributed by atoms with Crippen LogP contribution in [0.4, 0.5) is 14.5 Å². The first-order valence-electron chi connectivity index (χ1n) is 6.51. The van der Waals surface area contributed by atoms with Crippen molar-refractivity contribution < 1.29 is 23.0 Å². The fourth-order valence-electron chi connectivity index (χ4n) is 1.86. The molecule has 0 heterocycles. The number of nitrogens with one attached hydrogen (secondary N) is 1. The highest BCUT2D eigenvalue weighted by Crippen LogP contribution is 2.27. The summed E-state index contributed by atoms with van der Waals surface area (Å²) in [5.41, 5.74) is 1.02. The van der Waals surface area contributed by atoms with E-state index in [1.807, 2.05) is 13.0 Å². The van der Waals surface area contributed by atoms with Crippen LogP contribution in [0.5, 0.6) is 11.5 Å². The molecule has 2 rings (SSSR count). The maximum Gasteiger partial charge on any atom is 0.262 e. The Hall–Kier alpha value is -2.63. The molecule has 0 saturated heterocycles. The van der Waals surface area contributed by atoms with E-state index in [-0.39, 0.29) is 12.3 Å². The standard InChI is InChI=1S/C16H15F2NO3/c1-10-3-4-14(15(5-10)21-2)22-9-16(20)19-13-7-11(17)6-12(18)8-13/h3-8H,9H2,1-2H3,(H,19,20). The number of benzene rings is 2. The van der Waals surface area contributed by atoms with E-state index in [0.717, 1.165) is 23.8 Å². The van der Waals surface area contributed by atoms with Gasteiger partial charge in [0.1, 0.15) is 11.6 Å². The van der Waals surface area contributed by atoms with Crippen LogP contribution in [0.25, 0.3) is 0 Å². The molecule has 2 aromatic carbocycles. The average Bonchev–Trinajstić information content (AvgIpc) is 2.44. The zero-order valence-electron chi connectivity index (χ0n) is 12.2. The van der Waals surface area contributed by atoms with Gasteiger partial charge in [0.2, 0.25) is 0 Å². The molecule has 116 valence electrons. The van der Waals surface area contributed by atoms with Crippen molar-refractivity contribution in [2.75, 3.05) is 19.0 Å². The molecule has 0 aliphatic carbocycles. The van der Waals surface area contributed by atoms with Gasteiger partial charge < -0.3 is 14.8 Å². The first-order chi connectivity index (χ1) is 10.5. The normalized spacial score (nSPS) is 10.2. The Morgan fingerprint density at radius 1 is 1.09 bits per heavy atom. The van der Waals surface area contributed by atoms with Crippen molar-refractivity contribution in [1.82, 2.24) is 0 Å². The van der Waals surface area contributed by atoms with Crippen LogP contribution in [0.15, 0.2) is 36.4 Å². The Kier molecular flexibility index (Phi) is 4.93. The number of aryl methyl sites for hydroxylation is 1. The Morgan fingerprint density at radius 3 is 2.41 bits per heavy atom. The van der Waals surface area contributed by atoms with Crippen molar-refractivity contribution in [3.05, 3.63) is 53.6 Å². The predicted octanol–water partition coefficient (Wildman–Crippen LogP) is 3.30. The van der Waals surface area contributed by atoms with Crippen molar-refractivity contribution >= 4 is 11.6 Å². The van der Waals surface area contributed by atoms with Crippen LogP contribution < -0.4 is 14.8 Å². The molecular weight excluding hydrogens is 292 g/mol. The van der Waals surface area contributed by atoms with Gasteiger partial charge in [0.05, 0.1) is 7.11 Å². The number of hydrogen-bond donors (Lipinski definition) is 1. The minimum Gasteiger partial charge on any atom is -0.493 e. The zero-order chi connectivity index (χ0) is 16.1. The first kappa shape index (κ1) is 15.8. The second-order valence-corrected chi connectivity index (χ2v) is 4.65. The molecule has 6 heteroatoms. The smallest absolute Gasteiger partial charge is 0.262 e. The summed E-state index contributed by atoms with van der Waals surface area (Å²) in [6, 6.07) is 8.04. The molecule has 0 aliphatic heterocycles. The van der Waals surface area contributed by atoms with Crippen LogP contribution in [0.3, 0.4) is 0 Å². The van der Waals surface area contributed by atoms with Crippen LogP contribution in [-0.2, 0) is 4.79 Å². The molecule has 1 N–H and O–H groups in total. The lowest BCUT2D eigenvalue weighted by Crippen LogP contribution is -2.20. The summed E-state index contributed by atoms with van der Waals surface area (Å²) in [5, 5.41) is 2.36. The Balaban J connectivity index is 1.98. The van der Waals surface area contributed by atoms with Gasteiger partial charge in [0.15, 0.2) is 18.1 Å². The van der Waals surface area contributed by atoms with Gasteiger partial charge in [-0.15, -0.1) is 0 Å². The highest BCUT2D eigenvalue weighted by atomic mass is 19.1. The minimum atomic E-state index is -0.767. The molecule has 4 nitrogen and oxygen atoms in total. The lowest BCUT2D eigenvalue weighted by molar-refractivity contribution is -0.118. The number of methoxy groups -OCH3 is 1. The summed E-state index contributed by atoms with van der Waals surface area (Å²) in [6.07, 6.45) is 0. The fourth-order valence-corrected chi connectivity index (χ4v) is 1.86. The average molecular weight is 307 g/mol. The van der Waals surface area contributed by atoms with Crippen molar-refractivity contribution in [1.29, 1.82) is 0 Å². The lowest BCUT2D eigenvalue weighted by atomic mass is 10.2. The zero-order valence-corrected chi connectivity index (χ0v) is 12.2. The third-order valence-corrected chi connectivity index (χ3v) is 2.82. The van der Waals surface area contributed by atoms with Crippen LogP contribution >= 0.6 is 0 Å². The second-order valence-electron chi connectivity index (χ2n) is 4.65. The molecule has 0 spiro atoms. The predicted molar refractivity (Wildman–Crippen MR) is 78.2 cm³/mol. The van der Waals surface area contributed by atoms with Crippen molar-refractivity contribution in [2.45, 2.75) is 6.92 Å². The SMILES string of the molecule is COc1cc(C)ccc1OCC(=O)Nc1cc(F)cc(F)c1. The molecule has 0 atom stereocenters. The summed E-state index contributed by atoms with van der Waals surface area (Å²) in [5.74, 6) is -1.15. The number of hydrogen-bond acceptors (Lipinski definition) is 3. The van der Waals surface area contributed by atoms with Gasteiger partial charge >= 0.3 is 0 Å². The minimum absolute atomic E-state index is 0.0296. The van der Waals surface area contributed by atoms with Crippen molar-refractivity contribution in [3.63, 3.8) is 0 Å². The van der Waals surface area contributed by atoms with Gasteiger partial charge in [0, 0.05) is 11.8 Å². The van der Waals surface area contributed by atoms with Crippen molar-refractivity contribution in [2.24, 2.45) is 0 Å². The van der Waals surface area contributed by atoms with E-state index in [2.05, 4.69) is 5.32 Å². The van der Waals surface area contributed by atoms with E-state index in [1.165, 1.54) is 7.11 Å². The molecule has 2 aromatic rings. The van der Waals surface area contributed by atoms with Crippen molar-refractivity contribution in [3.8, 4) is 11.5 Å². The summed E-state index contributed by atoms with van der Waals surface area (Å²) < 4.78 is 36.6. The largest absolute Gasteiger partial charge is 0.493 e. The highest BCUT2D eigenvalue weighted by molar-refractivity contribution is 5.91. The molecule has 0 saturated carbocycles. The van der Waals surface area contributed by atoms with E-state index in [4.69, 9.17) is 9.47 Å². The molecule has 0 fully saturated rings. The van der Waals surface area contributed by atoms with E-state index >= 15 is 0 Å². The number of carbonyl (C=O) groups is 1. The van der Waals surface area contributed by atoms with Crippen LogP contribution in [0.1, 0.15) is 5.56 Å². The van der Waals surface area contributed by atoms with Crippen LogP contribution in [-0.4, -0.2) is 19.6 Å². The number of anilines is 1. The molecule has 0 radical (unpaired) electrons. The number of halogens is 2. The van der Waals surface area contributed by atoms with E-state index in [0.29, 0.717) is 11.5 Å². The Labute approximate surface area is 126 Å². The Bertz CT molecular complexity index is 669. The summed E-state index contributed by atoms with van der Waals surface area (Å²) in [6.45, 7) is 1.59.